The number of aliphatic hydroxyl groups is 3. The van der Waals surface area contributed by atoms with Crippen LogP contribution in [0.4, 0.5) is 0 Å². The van der Waals surface area contributed by atoms with E-state index in [2.05, 4.69) is 56.9 Å². The standard InChI is InChI=1S/C27H36O4/c1-7-27(8-2,22-10-9-21(19(3)15-22)13-14-26(5,6)30)23-11-12-25(20(4)16-23)31-18-24(29)17-28/h9-12,15-16,24,28-30H,7-8,17-18H2,1-6H3/t24-/m0/s1. The molecule has 168 valence electrons. The summed E-state index contributed by atoms with van der Waals surface area (Å²) in [5.74, 6) is 6.70. The van der Waals surface area contributed by atoms with Crippen LogP contribution >= 0.6 is 0 Å². The van der Waals surface area contributed by atoms with Crippen LogP contribution in [0.3, 0.4) is 0 Å². The second-order valence-corrected chi connectivity index (χ2v) is 8.76. The Bertz CT molecular complexity index is 940. The van der Waals surface area contributed by atoms with Gasteiger partial charge in [-0.1, -0.05) is 50.0 Å². The Morgan fingerprint density at radius 3 is 2.03 bits per heavy atom. The van der Waals surface area contributed by atoms with Crippen molar-refractivity contribution in [3.8, 4) is 17.6 Å². The minimum Gasteiger partial charge on any atom is -0.491 e. The highest BCUT2D eigenvalue weighted by Crippen LogP contribution is 2.40. The molecule has 4 heteroatoms. The fourth-order valence-electron chi connectivity index (χ4n) is 3.90. The molecule has 0 aliphatic carbocycles. The summed E-state index contributed by atoms with van der Waals surface area (Å²) in [4.78, 5) is 0. The molecule has 0 bridgehead atoms. The zero-order chi connectivity index (χ0) is 23.2. The lowest BCUT2D eigenvalue weighted by Gasteiger charge is -2.34. The van der Waals surface area contributed by atoms with Gasteiger partial charge in [0.05, 0.1) is 6.61 Å². The van der Waals surface area contributed by atoms with E-state index < -0.39 is 11.7 Å². The van der Waals surface area contributed by atoms with Gasteiger partial charge in [0.15, 0.2) is 0 Å². The molecule has 2 aromatic carbocycles. The molecular formula is C27H36O4. The molecule has 4 nitrogen and oxygen atoms in total. The normalized spacial score (nSPS) is 12.8. The molecule has 1 atom stereocenters. The van der Waals surface area contributed by atoms with Gasteiger partial charge in [0.1, 0.15) is 24.1 Å². The second kappa shape index (κ2) is 10.3. The number of aryl methyl sites for hydroxylation is 2. The van der Waals surface area contributed by atoms with Gasteiger partial charge in [0.2, 0.25) is 0 Å². The first-order valence-electron chi connectivity index (χ1n) is 11.0. The molecule has 0 radical (unpaired) electrons. The van der Waals surface area contributed by atoms with E-state index in [0.717, 1.165) is 29.5 Å². The quantitative estimate of drug-likeness (QED) is 0.554. The number of rotatable bonds is 8. The minimum absolute atomic E-state index is 0.0652. The number of benzene rings is 2. The summed E-state index contributed by atoms with van der Waals surface area (Å²) >= 11 is 0. The Labute approximate surface area is 186 Å². The molecule has 0 heterocycles. The Morgan fingerprint density at radius 1 is 0.968 bits per heavy atom. The zero-order valence-corrected chi connectivity index (χ0v) is 19.6. The second-order valence-electron chi connectivity index (χ2n) is 8.76. The van der Waals surface area contributed by atoms with Crippen LogP contribution in [0.1, 0.15) is 68.4 Å². The third kappa shape index (κ3) is 6.11. The van der Waals surface area contributed by atoms with Crippen LogP contribution in [0.25, 0.3) is 0 Å². The van der Waals surface area contributed by atoms with Crippen LogP contribution in [0.15, 0.2) is 36.4 Å². The van der Waals surface area contributed by atoms with Crippen LogP contribution in [-0.4, -0.2) is 40.2 Å². The van der Waals surface area contributed by atoms with Crippen molar-refractivity contribution in [1.82, 2.24) is 0 Å². The van der Waals surface area contributed by atoms with Crippen molar-refractivity contribution in [2.75, 3.05) is 13.2 Å². The monoisotopic (exact) mass is 424 g/mol. The Hall–Kier alpha value is -2.32. The van der Waals surface area contributed by atoms with Crippen molar-refractivity contribution < 1.29 is 20.1 Å². The molecule has 2 rings (SSSR count). The molecule has 0 saturated heterocycles. The van der Waals surface area contributed by atoms with E-state index in [1.165, 1.54) is 11.1 Å². The summed E-state index contributed by atoms with van der Waals surface area (Å²) in [6, 6.07) is 12.6. The molecule has 2 aromatic rings. The lowest BCUT2D eigenvalue weighted by Crippen LogP contribution is -2.26. The molecule has 0 aromatic heterocycles. The SMILES string of the molecule is CCC(CC)(c1ccc(C#CC(C)(C)O)c(C)c1)c1ccc(OC[C@@H](O)CO)c(C)c1. The highest BCUT2D eigenvalue weighted by Gasteiger charge is 2.31. The largest absolute Gasteiger partial charge is 0.491 e. The first kappa shape index (κ1) is 24.9. The molecular weight excluding hydrogens is 388 g/mol. The van der Waals surface area contributed by atoms with Crippen molar-refractivity contribution in [3.05, 3.63) is 64.2 Å². The van der Waals surface area contributed by atoms with Crippen LogP contribution in [-0.2, 0) is 5.41 Å². The lowest BCUT2D eigenvalue weighted by atomic mass is 9.70. The molecule has 0 unspecified atom stereocenters. The average Bonchev–Trinajstić information content (AvgIpc) is 2.72. The highest BCUT2D eigenvalue weighted by molar-refractivity contribution is 5.50. The van der Waals surface area contributed by atoms with E-state index in [9.17, 15) is 10.2 Å². The molecule has 0 fully saturated rings. The van der Waals surface area contributed by atoms with Gasteiger partial charge in [-0.05, 0) is 74.9 Å². The first-order chi connectivity index (χ1) is 14.6. The van der Waals surface area contributed by atoms with Crippen LogP contribution in [0.2, 0.25) is 0 Å². The van der Waals surface area contributed by atoms with E-state index in [1.54, 1.807) is 13.8 Å². The van der Waals surface area contributed by atoms with Crippen LogP contribution < -0.4 is 4.74 Å². The van der Waals surface area contributed by atoms with Gasteiger partial charge in [-0.15, -0.1) is 0 Å². The van der Waals surface area contributed by atoms with Crippen LogP contribution in [0, 0.1) is 25.7 Å². The van der Waals surface area contributed by atoms with E-state index in [1.807, 2.05) is 19.1 Å². The molecule has 0 spiro atoms. The summed E-state index contributed by atoms with van der Waals surface area (Å²) in [6.45, 7) is 11.6. The average molecular weight is 425 g/mol. The summed E-state index contributed by atoms with van der Waals surface area (Å²) in [6.07, 6.45) is 1.01. The Kier molecular flexibility index (Phi) is 8.31. The molecule has 0 saturated carbocycles. The topological polar surface area (TPSA) is 69.9 Å². The third-order valence-corrected chi connectivity index (χ3v) is 5.86. The van der Waals surface area contributed by atoms with Gasteiger partial charge >= 0.3 is 0 Å². The Morgan fingerprint density at radius 2 is 1.55 bits per heavy atom. The van der Waals surface area contributed by atoms with Crippen LogP contribution in [0.5, 0.6) is 5.75 Å². The maximum absolute atomic E-state index is 9.90. The Balaban J connectivity index is 2.43. The highest BCUT2D eigenvalue weighted by atomic mass is 16.5. The fourth-order valence-corrected chi connectivity index (χ4v) is 3.90. The maximum atomic E-state index is 9.90. The summed E-state index contributed by atoms with van der Waals surface area (Å²) < 4.78 is 5.67. The maximum Gasteiger partial charge on any atom is 0.122 e. The molecule has 0 aliphatic rings. The van der Waals surface area contributed by atoms with E-state index in [-0.39, 0.29) is 18.6 Å². The molecule has 0 aliphatic heterocycles. The number of aliphatic hydroxyl groups excluding tert-OH is 2. The molecule has 3 N–H and O–H groups in total. The minimum atomic E-state index is -1.02. The third-order valence-electron chi connectivity index (χ3n) is 5.86. The predicted molar refractivity (Wildman–Crippen MR) is 125 cm³/mol. The van der Waals surface area contributed by atoms with Gasteiger partial charge in [0, 0.05) is 11.0 Å². The smallest absolute Gasteiger partial charge is 0.122 e. The van der Waals surface area contributed by atoms with Gasteiger partial charge in [-0.25, -0.2) is 0 Å². The van der Waals surface area contributed by atoms with Gasteiger partial charge in [0.25, 0.3) is 0 Å². The predicted octanol–water partition coefficient (Wildman–Crippen LogP) is 4.26. The van der Waals surface area contributed by atoms with Crippen molar-refractivity contribution >= 4 is 0 Å². The number of hydrogen-bond acceptors (Lipinski definition) is 4. The van der Waals surface area contributed by atoms with Crippen molar-refractivity contribution in [2.24, 2.45) is 0 Å². The van der Waals surface area contributed by atoms with E-state index in [4.69, 9.17) is 9.84 Å². The summed E-state index contributed by atoms with van der Waals surface area (Å²) in [5, 5.41) is 28.4. The number of hydrogen-bond donors (Lipinski definition) is 3. The summed E-state index contributed by atoms with van der Waals surface area (Å²) in [5.41, 5.74) is 4.33. The van der Waals surface area contributed by atoms with Gasteiger partial charge in [-0.2, -0.15) is 0 Å². The number of ether oxygens (including phenoxy) is 1. The van der Waals surface area contributed by atoms with Crippen molar-refractivity contribution in [1.29, 1.82) is 0 Å². The molecule has 31 heavy (non-hydrogen) atoms. The van der Waals surface area contributed by atoms with E-state index >= 15 is 0 Å². The van der Waals surface area contributed by atoms with Gasteiger partial charge in [-0.3, -0.25) is 0 Å². The van der Waals surface area contributed by atoms with E-state index in [0.29, 0.717) is 5.75 Å². The molecule has 0 amide bonds. The fraction of sp³-hybridized carbons (Fsp3) is 0.481. The summed E-state index contributed by atoms with van der Waals surface area (Å²) in [7, 11) is 0. The van der Waals surface area contributed by atoms with Crippen molar-refractivity contribution in [3.63, 3.8) is 0 Å². The lowest BCUT2D eigenvalue weighted by molar-refractivity contribution is 0.0534. The van der Waals surface area contributed by atoms with Gasteiger partial charge < -0.3 is 20.1 Å². The first-order valence-corrected chi connectivity index (χ1v) is 11.0. The van der Waals surface area contributed by atoms with Crippen molar-refractivity contribution in [2.45, 2.75) is 71.5 Å². The zero-order valence-electron chi connectivity index (χ0n) is 19.6.